The van der Waals surface area contributed by atoms with E-state index in [0.29, 0.717) is 23.3 Å². The molecule has 0 saturated carbocycles. The number of cyclic esters (lactones) is 1. The fourth-order valence-corrected chi connectivity index (χ4v) is 5.18. The van der Waals surface area contributed by atoms with Gasteiger partial charge in [-0.05, 0) is 53.5 Å². The zero-order valence-electron chi connectivity index (χ0n) is 19.3. The molecular weight excluding hydrogens is 423 g/mol. The van der Waals surface area contributed by atoms with Crippen molar-refractivity contribution in [3.05, 3.63) is 33.9 Å². The minimum absolute atomic E-state index is 0.120. The van der Waals surface area contributed by atoms with Crippen LogP contribution in [0.2, 0.25) is 0 Å². The van der Waals surface area contributed by atoms with E-state index in [4.69, 9.17) is 23.3 Å². The van der Waals surface area contributed by atoms with Crippen LogP contribution in [0.25, 0.3) is 0 Å². The van der Waals surface area contributed by atoms with Crippen molar-refractivity contribution in [2.24, 2.45) is 0 Å². The molecule has 0 fully saturated rings. The summed E-state index contributed by atoms with van der Waals surface area (Å²) in [6, 6.07) is 0. The van der Waals surface area contributed by atoms with Gasteiger partial charge in [0.2, 0.25) is 0 Å². The molecule has 1 aromatic rings. The Bertz CT molecular complexity index is 874. The standard InChI is InChI=1S/C22H33O8P/c1-13(2)29-31(25,30-14(3)4)12-27-10-15(5)8-9-17-20(23)19-18(11-28-22(19)24)16(6)21(17)26-7/h8,13-14,23H,9-12H2,1-7H3/b15-8+. The Hall–Kier alpha value is -1.86. The highest BCUT2D eigenvalue weighted by Crippen LogP contribution is 2.50. The Morgan fingerprint density at radius 3 is 2.39 bits per heavy atom. The second kappa shape index (κ2) is 10.6. The van der Waals surface area contributed by atoms with E-state index in [-0.39, 0.29) is 43.1 Å². The molecule has 0 bridgehead atoms. The summed E-state index contributed by atoms with van der Waals surface area (Å²) in [5.41, 5.74) is 2.99. The van der Waals surface area contributed by atoms with Crippen LogP contribution in [0, 0.1) is 6.92 Å². The summed E-state index contributed by atoms with van der Waals surface area (Å²) in [5.74, 6) is -0.126. The first-order chi connectivity index (χ1) is 14.5. The molecule has 0 aliphatic carbocycles. The maximum Gasteiger partial charge on any atom is 0.356 e. The molecule has 0 atom stereocenters. The van der Waals surface area contributed by atoms with Crippen molar-refractivity contribution in [2.45, 2.75) is 66.8 Å². The normalized spacial score (nSPS) is 14.4. The topological polar surface area (TPSA) is 101 Å². The van der Waals surface area contributed by atoms with Gasteiger partial charge in [0.25, 0.3) is 0 Å². The Labute approximate surface area is 184 Å². The van der Waals surface area contributed by atoms with Gasteiger partial charge in [-0.1, -0.05) is 11.6 Å². The van der Waals surface area contributed by atoms with Crippen molar-refractivity contribution < 1.29 is 37.7 Å². The molecule has 9 heteroatoms. The molecule has 1 aliphatic rings. The highest BCUT2D eigenvalue weighted by Gasteiger charge is 2.32. The minimum atomic E-state index is -3.37. The SMILES string of the molecule is COc1c(C)c2c(c(O)c1C/C=C(\C)COCP(=O)(OC(C)C)OC(C)C)C(=O)OC2. The van der Waals surface area contributed by atoms with Crippen LogP contribution in [0.15, 0.2) is 11.6 Å². The van der Waals surface area contributed by atoms with Crippen LogP contribution in [0.4, 0.5) is 0 Å². The number of phenols is 1. The maximum atomic E-state index is 12.8. The lowest BCUT2D eigenvalue weighted by Gasteiger charge is -2.22. The number of ether oxygens (including phenoxy) is 3. The predicted molar refractivity (Wildman–Crippen MR) is 117 cm³/mol. The molecule has 31 heavy (non-hydrogen) atoms. The van der Waals surface area contributed by atoms with E-state index < -0.39 is 13.6 Å². The summed E-state index contributed by atoms with van der Waals surface area (Å²) in [6.07, 6.45) is 1.52. The van der Waals surface area contributed by atoms with Crippen LogP contribution < -0.4 is 4.74 Å². The van der Waals surface area contributed by atoms with Crippen LogP contribution in [0.5, 0.6) is 11.5 Å². The van der Waals surface area contributed by atoms with E-state index in [9.17, 15) is 14.5 Å². The Morgan fingerprint density at radius 2 is 1.84 bits per heavy atom. The number of fused-ring (bicyclic) bond motifs is 1. The largest absolute Gasteiger partial charge is 0.507 e. The summed E-state index contributed by atoms with van der Waals surface area (Å²) in [4.78, 5) is 12.0. The molecule has 1 aromatic carbocycles. The molecule has 0 amide bonds. The van der Waals surface area contributed by atoms with Crippen LogP contribution in [-0.2, 0) is 36.1 Å². The molecule has 0 aromatic heterocycles. The second-order valence-electron chi connectivity index (χ2n) is 8.07. The molecule has 0 unspecified atom stereocenters. The van der Waals surface area contributed by atoms with Crippen LogP contribution >= 0.6 is 7.60 Å². The first-order valence-electron chi connectivity index (χ1n) is 10.3. The summed E-state index contributed by atoms with van der Waals surface area (Å²) in [7, 11) is -1.85. The number of aromatic hydroxyl groups is 1. The minimum Gasteiger partial charge on any atom is -0.507 e. The van der Waals surface area contributed by atoms with E-state index in [2.05, 4.69) is 0 Å². The van der Waals surface area contributed by atoms with Crippen molar-refractivity contribution >= 4 is 13.6 Å². The number of carbonyl (C=O) groups is 1. The van der Waals surface area contributed by atoms with Gasteiger partial charge in [0.05, 0.1) is 25.9 Å². The first kappa shape index (κ1) is 25.4. The van der Waals surface area contributed by atoms with Crippen molar-refractivity contribution in [3.63, 3.8) is 0 Å². The van der Waals surface area contributed by atoms with Gasteiger partial charge in [-0.15, -0.1) is 0 Å². The molecule has 1 aliphatic heterocycles. The number of rotatable bonds is 11. The van der Waals surface area contributed by atoms with Gasteiger partial charge < -0.3 is 28.4 Å². The Balaban J connectivity index is 2.11. The molecule has 0 saturated heterocycles. The van der Waals surface area contributed by atoms with Gasteiger partial charge in [0.1, 0.15) is 30.0 Å². The number of carbonyl (C=O) groups excluding carboxylic acids is 1. The fourth-order valence-electron chi connectivity index (χ4n) is 3.41. The monoisotopic (exact) mass is 456 g/mol. The summed E-state index contributed by atoms with van der Waals surface area (Å²) in [6.45, 7) is 11.2. The lowest BCUT2D eigenvalue weighted by molar-refractivity contribution is 0.0532. The molecule has 0 radical (unpaired) electrons. The summed E-state index contributed by atoms with van der Waals surface area (Å²) < 4.78 is 39.9. The molecule has 8 nitrogen and oxygen atoms in total. The quantitative estimate of drug-likeness (QED) is 0.286. The molecule has 2 rings (SSSR count). The number of methoxy groups -OCH3 is 1. The number of benzene rings is 1. The molecule has 1 N–H and O–H groups in total. The number of hydrogen-bond acceptors (Lipinski definition) is 8. The summed E-state index contributed by atoms with van der Waals surface area (Å²) >= 11 is 0. The van der Waals surface area contributed by atoms with Gasteiger partial charge in [0, 0.05) is 11.1 Å². The smallest absolute Gasteiger partial charge is 0.356 e. The van der Waals surface area contributed by atoms with E-state index in [1.807, 2.05) is 19.9 Å². The lowest BCUT2D eigenvalue weighted by Crippen LogP contribution is -2.12. The zero-order valence-corrected chi connectivity index (χ0v) is 20.2. The molecular formula is C22H33O8P. The third-order valence-electron chi connectivity index (χ3n) is 4.62. The van der Waals surface area contributed by atoms with Gasteiger partial charge >= 0.3 is 13.6 Å². The average molecular weight is 456 g/mol. The molecule has 174 valence electrons. The Kier molecular flexibility index (Phi) is 8.72. The van der Waals surface area contributed by atoms with Crippen molar-refractivity contribution in [3.8, 4) is 11.5 Å². The van der Waals surface area contributed by atoms with Crippen molar-refractivity contribution in [1.82, 2.24) is 0 Å². The average Bonchev–Trinajstić information content (AvgIpc) is 3.04. The Morgan fingerprint density at radius 1 is 1.23 bits per heavy atom. The van der Waals surface area contributed by atoms with Crippen LogP contribution in [-0.4, -0.2) is 43.3 Å². The lowest BCUT2D eigenvalue weighted by atomic mass is 9.95. The number of phenolic OH excluding ortho intramolecular Hbond substituents is 1. The third-order valence-corrected chi connectivity index (χ3v) is 6.61. The maximum absolute atomic E-state index is 12.8. The highest BCUT2D eigenvalue weighted by atomic mass is 31.2. The summed E-state index contributed by atoms with van der Waals surface area (Å²) in [5, 5.41) is 10.7. The highest BCUT2D eigenvalue weighted by molar-refractivity contribution is 7.53. The van der Waals surface area contributed by atoms with E-state index >= 15 is 0 Å². The molecule has 0 spiro atoms. The second-order valence-corrected chi connectivity index (χ2v) is 9.97. The number of allylic oxidation sites excluding steroid dienone is 1. The van der Waals surface area contributed by atoms with Gasteiger partial charge in [0.15, 0.2) is 0 Å². The number of hydrogen-bond donors (Lipinski definition) is 1. The van der Waals surface area contributed by atoms with Crippen molar-refractivity contribution in [2.75, 3.05) is 20.1 Å². The van der Waals surface area contributed by atoms with Crippen molar-refractivity contribution in [1.29, 1.82) is 0 Å². The fraction of sp³-hybridized carbons (Fsp3) is 0.591. The third kappa shape index (κ3) is 6.32. The van der Waals surface area contributed by atoms with E-state index in [0.717, 1.165) is 11.1 Å². The van der Waals surface area contributed by atoms with Gasteiger partial charge in [-0.2, -0.15) is 0 Å². The predicted octanol–water partition coefficient (Wildman–Crippen LogP) is 4.89. The van der Waals surface area contributed by atoms with Gasteiger partial charge in [-0.3, -0.25) is 4.57 Å². The van der Waals surface area contributed by atoms with E-state index in [1.54, 1.807) is 27.7 Å². The number of esters is 1. The van der Waals surface area contributed by atoms with Crippen LogP contribution in [0.1, 0.15) is 61.7 Å². The first-order valence-corrected chi connectivity index (χ1v) is 12.0. The van der Waals surface area contributed by atoms with E-state index in [1.165, 1.54) is 7.11 Å². The van der Waals surface area contributed by atoms with Gasteiger partial charge in [-0.25, -0.2) is 4.79 Å². The molecule has 1 heterocycles. The zero-order chi connectivity index (χ0) is 23.3. The van der Waals surface area contributed by atoms with Crippen LogP contribution in [0.3, 0.4) is 0 Å².